The number of ether oxygens (including phenoxy) is 1. The summed E-state index contributed by atoms with van der Waals surface area (Å²) in [6.45, 7) is 3.05. The van der Waals surface area contributed by atoms with Gasteiger partial charge in [0.1, 0.15) is 12.4 Å². The molecule has 4 aliphatic rings. The lowest BCUT2D eigenvalue weighted by atomic mass is 10.1. The van der Waals surface area contributed by atoms with E-state index in [2.05, 4.69) is 25.3 Å². The first-order valence-electron chi connectivity index (χ1n) is 11.8. The minimum absolute atomic E-state index is 0.0652. The summed E-state index contributed by atoms with van der Waals surface area (Å²) in [5, 5.41) is 8.96. The van der Waals surface area contributed by atoms with Gasteiger partial charge in [-0.15, -0.1) is 0 Å². The van der Waals surface area contributed by atoms with Crippen molar-refractivity contribution in [2.75, 3.05) is 25.0 Å². The van der Waals surface area contributed by atoms with Gasteiger partial charge in [-0.25, -0.2) is 4.99 Å². The largest absolute Gasteiger partial charge is 0.490 e. The van der Waals surface area contributed by atoms with Crippen molar-refractivity contribution in [2.24, 2.45) is 10.7 Å². The summed E-state index contributed by atoms with van der Waals surface area (Å²) in [5.41, 5.74) is 8.74. The number of aliphatic imine (C=N–C) groups is 1. The second-order valence-electron chi connectivity index (χ2n) is 8.37. The lowest BCUT2D eigenvalue weighted by molar-refractivity contribution is -0.115. The van der Waals surface area contributed by atoms with Crippen LogP contribution in [0.15, 0.2) is 53.5 Å². The summed E-state index contributed by atoms with van der Waals surface area (Å²) >= 11 is 14.0. The van der Waals surface area contributed by atoms with Crippen LogP contribution in [-0.2, 0) is 11.3 Å². The van der Waals surface area contributed by atoms with Gasteiger partial charge in [-0.3, -0.25) is 14.9 Å². The van der Waals surface area contributed by atoms with Crippen LogP contribution in [0, 0.1) is 6.92 Å². The Morgan fingerprint density at radius 3 is 2.53 bits per heavy atom. The number of guanidine groups is 1. The Kier molecular flexibility index (Phi) is 9.35. The number of aryl methyl sites for hydroxylation is 1. The average molecular weight is 574 g/mol. The van der Waals surface area contributed by atoms with E-state index in [1.165, 1.54) is 11.5 Å². The summed E-state index contributed by atoms with van der Waals surface area (Å²) in [6.07, 6.45) is 4.61. The Balaban J connectivity index is 1.59. The standard InChI is InChI=1S/C26H26Cl2N6O3S/c1-15-22-23(34-38-15)17-5-7-18(8-6-17)37-10-4-2-3-9-30-14-21(35)32-24-19(27)11-16(12-20(24)28)13-31-26(29)33-25(22)36/h2,4-8,11-12,30H,3,9-10,13-14H2,1H3,(H,32,35)(H3,29,31,33,36). The molecule has 0 fully saturated rings. The van der Waals surface area contributed by atoms with E-state index in [9.17, 15) is 9.59 Å². The summed E-state index contributed by atoms with van der Waals surface area (Å²) in [6, 6.07) is 10.7. The number of aromatic nitrogens is 1. The molecule has 0 radical (unpaired) electrons. The third kappa shape index (κ3) is 7.11. The third-order valence-corrected chi connectivity index (χ3v) is 6.89. The number of hydrogen-bond acceptors (Lipinski definition) is 8. The number of rotatable bonds is 0. The Bertz CT molecular complexity index is 1370. The van der Waals surface area contributed by atoms with Crippen LogP contribution in [0.4, 0.5) is 5.69 Å². The zero-order chi connectivity index (χ0) is 27.1. The molecular formula is C26H26Cl2N6O3S. The van der Waals surface area contributed by atoms with Gasteiger partial charge in [-0.1, -0.05) is 35.4 Å². The third-order valence-electron chi connectivity index (χ3n) is 5.54. The van der Waals surface area contributed by atoms with Crippen molar-refractivity contribution in [3.8, 4) is 17.0 Å². The molecule has 9 nitrogen and oxygen atoms in total. The molecule has 0 saturated heterocycles. The van der Waals surface area contributed by atoms with Crippen LogP contribution in [0.5, 0.6) is 5.75 Å². The van der Waals surface area contributed by atoms with Gasteiger partial charge in [0.2, 0.25) is 5.91 Å². The first kappa shape index (κ1) is 27.6. The van der Waals surface area contributed by atoms with Gasteiger partial charge in [-0.05, 0) is 73.4 Å². The molecule has 1 aromatic heterocycles. The summed E-state index contributed by atoms with van der Waals surface area (Å²) in [7, 11) is 0. The molecule has 0 unspecified atom stereocenters. The second kappa shape index (κ2) is 12.9. The number of hydrogen-bond donors (Lipinski definition) is 4. The van der Waals surface area contributed by atoms with Crippen LogP contribution < -0.4 is 26.4 Å². The fourth-order valence-corrected chi connectivity index (χ4v) is 5.01. The van der Waals surface area contributed by atoms with E-state index >= 15 is 0 Å². The lowest BCUT2D eigenvalue weighted by Crippen LogP contribution is -2.37. The monoisotopic (exact) mass is 572 g/mol. The number of halogens is 2. The molecule has 4 bridgehead atoms. The highest BCUT2D eigenvalue weighted by molar-refractivity contribution is 7.06. The van der Waals surface area contributed by atoms with Crippen molar-refractivity contribution < 1.29 is 14.3 Å². The molecule has 0 spiro atoms. The molecule has 0 atom stereocenters. The first-order valence-corrected chi connectivity index (χ1v) is 13.3. The topological polar surface area (TPSA) is 131 Å². The number of amides is 2. The van der Waals surface area contributed by atoms with E-state index in [-0.39, 0.29) is 35.0 Å². The molecule has 12 heteroatoms. The highest BCUT2D eigenvalue weighted by atomic mass is 35.5. The summed E-state index contributed by atoms with van der Waals surface area (Å²) < 4.78 is 10.2. The minimum Gasteiger partial charge on any atom is -0.490 e. The number of nitrogens with zero attached hydrogens (tertiary/aromatic N) is 2. The minimum atomic E-state index is -0.411. The smallest absolute Gasteiger partial charge is 0.261 e. The zero-order valence-corrected chi connectivity index (χ0v) is 22.8. The van der Waals surface area contributed by atoms with Crippen LogP contribution in [0.1, 0.15) is 27.2 Å². The Hall–Kier alpha value is -3.44. The number of anilines is 1. The zero-order valence-electron chi connectivity index (χ0n) is 20.5. The first-order chi connectivity index (χ1) is 18.3. The molecule has 4 aliphatic heterocycles. The SMILES string of the molecule is Cc1snc2c1C(=O)NC(N)=NCc1cc(Cl)c(c(Cl)c1)NC(=O)CNCCC=CCOc1ccc-2cc1. The molecule has 2 amide bonds. The maximum absolute atomic E-state index is 13.1. The molecule has 7 rings (SSSR count). The van der Waals surface area contributed by atoms with Crippen molar-refractivity contribution >= 4 is 58.2 Å². The van der Waals surface area contributed by atoms with Gasteiger partial charge >= 0.3 is 0 Å². The predicted octanol–water partition coefficient (Wildman–Crippen LogP) is 4.54. The molecule has 38 heavy (non-hydrogen) atoms. The maximum Gasteiger partial charge on any atom is 0.261 e. The lowest BCUT2D eigenvalue weighted by Gasteiger charge is -2.12. The fraction of sp³-hybridized carbons (Fsp3) is 0.231. The van der Waals surface area contributed by atoms with Crippen LogP contribution in [0.25, 0.3) is 11.3 Å². The number of benzene rings is 2. The molecule has 198 valence electrons. The van der Waals surface area contributed by atoms with E-state index in [4.69, 9.17) is 33.7 Å². The predicted molar refractivity (Wildman–Crippen MR) is 152 cm³/mol. The number of nitrogens with one attached hydrogen (secondary N) is 3. The quantitative estimate of drug-likeness (QED) is 0.292. The van der Waals surface area contributed by atoms with Crippen LogP contribution >= 0.6 is 34.7 Å². The van der Waals surface area contributed by atoms with E-state index in [1.807, 2.05) is 43.3 Å². The fourth-order valence-electron chi connectivity index (χ4n) is 3.68. The van der Waals surface area contributed by atoms with Gasteiger partial charge in [0.25, 0.3) is 5.91 Å². The molecule has 0 aliphatic carbocycles. The van der Waals surface area contributed by atoms with Crippen molar-refractivity contribution in [2.45, 2.75) is 19.9 Å². The highest BCUT2D eigenvalue weighted by Crippen LogP contribution is 2.32. The molecule has 5 heterocycles. The molecule has 5 N–H and O–H groups in total. The van der Waals surface area contributed by atoms with Crippen LogP contribution in [0.2, 0.25) is 10.0 Å². The maximum atomic E-state index is 13.1. The molecular weight excluding hydrogens is 547 g/mol. The van der Waals surface area contributed by atoms with Gasteiger partial charge < -0.3 is 21.1 Å². The van der Waals surface area contributed by atoms with Crippen molar-refractivity contribution in [3.05, 3.63) is 74.6 Å². The Morgan fingerprint density at radius 1 is 1.05 bits per heavy atom. The van der Waals surface area contributed by atoms with Crippen molar-refractivity contribution in [1.29, 1.82) is 0 Å². The highest BCUT2D eigenvalue weighted by Gasteiger charge is 2.20. The second-order valence-corrected chi connectivity index (χ2v) is 10.2. The van der Waals surface area contributed by atoms with Crippen molar-refractivity contribution in [1.82, 2.24) is 15.0 Å². The van der Waals surface area contributed by atoms with Crippen LogP contribution in [-0.4, -0.2) is 41.8 Å². The van der Waals surface area contributed by atoms with Gasteiger partial charge in [0.15, 0.2) is 5.96 Å². The van der Waals surface area contributed by atoms with E-state index in [0.29, 0.717) is 41.4 Å². The summed E-state index contributed by atoms with van der Waals surface area (Å²) in [5.74, 6) is -0.0570. The van der Waals surface area contributed by atoms with Gasteiger partial charge in [0, 0.05) is 10.4 Å². The number of carbonyl (C=O) groups is 2. The van der Waals surface area contributed by atoms with Crippen LogP contribution in [0.3, 0.4) is 0 Å². The molecule has 3 aromatic rings. The number of nitrogens with two attached hydrogens (primary N) is 1. The average Bonchev–Trinajstić information content (AvgIpc) is 3.27. The Labute approximate surface area is 234 Å². The van der Waals surface area contributed by atoms with Crippen molar-refractivity contribution in [3.63, 3.8) is 0 Å². The number of carbonyl (C=O) groups excluding carboxylic acids is 2. The Morgan fingerprint density at radius 2 is 1.79 bits per heavy atom. The van der Waals surface area contributed by atoms with E-state index in [1.54, 1.807) is 12.1 Å². The summed E-state index contributed by atoms with van der Waals surface area (Å²) in [4.78, 5) is 30.4. The van der Waals surface area contributed by atoms with E-state index < -0.39 is 5.91 Å². The van der Waals surface area contributed by atoms with E-state index in [0.717, 1.165) is 16.9 Å². The van der Waals surface area contributed by atoms with Gasteiger partial charge in [-0.2, -0.15) is 4.37 Å². The molecule has 2 aromatic carbocycles. The van der Waals surface area contributed by atoms with Gasteiger partial charge in [0.05, 0.1) is 40.1 Å². The molecule has 0 saturated carbocycles. The normalized spacial score (nSPS) is 15.5.